The maximum absolute atomic E-state index is 11.5. The number of nitrogen functional groups attached to an aromatic ring is 1. The minimum atomic E-state index is -0.739. The van der Waals surface area contributed by atoms with Gasteiger partial charge in [-0.1, -0.05) is 30.3 Å². The molecule has 1 saturated carbocycles. The van der Waals surface area contributed by atoms with E-state index in [1.165, 1.54) is 11.8 Å². The van der Waals surface area contributed by atoms with Crippen LogP contribution in [0.25, 0.3) is 0 Å². The second-order valence-electron chi connectivity index (χ2n) is 5.94. The number of nitrogens with one attached hydrogen (secondary N) is 1. The van der Waals surface area contributed by atoms with Crippen LogP contribution in [0.4, 0.5) is 16.3 Å². The van der Waals surface area contributed by atoms with E-state index < -0.39 is 18.4 Å². The van der Waals surface area contributed by atoms with Crippen LogP contribution in [0, 0.1) is 0 Å². The van der Waals surface area contributed by atoms with E-state index in [1.54, 1.807) is 0 Å². The van der Waals surface area contributed by atoms with Crippen molar-refractivity contribution in [1.29, 1.82) is 0 Å². The van der Waals surface area contributed by atoms with E-state index in [1.807, 2.05) is 0 Å². The summed E-state index contributed by atoms with van der Waals surface area (Å²) in [5.41, 5.74) is 6.24. The van der Waals surface area contributed by atoms with Crippen LogP contribution in [0.1, 0.15) is 19.8 Å². The Morgan fingerprint density at radius 2 is 2.19 bits per heavy atom. The summed E-state index contributed by atoms with van der Waals surface area (Å²) >= 11 is 7.61. The molecule has 0 spiro atoms. The molecule has 1 aromatic rings. The Balaban J connectivity index is 1.77. The zero-order valence-corrected chi connectivity index (χ0v) is 15.8. The largest absolute Gasteiger partial charge is 0.509 e. The van der Waals surface area contributed by atoms with Gasteiger partial charge in [-0.25, -0.2) is 14.8 Å². The van der Waals surface area contributed by atoms with E-state index in [0.717, 1.165) is 12.2 Å². The van der Waals surface area contributed by atoms with Crippen molar-refractivity contribution in [3.63, 3.8) is 0 Å². The van der Waals surface area contributed by atoms with E-state index in [-0.39, 0.29) is 36.2 Å². The van der Waals surface area contributed by atoms with Gasteiger partial charge in [-0.15, -0.1) is 0 Å². The lowest BCUT2D eigenvalue weighted by molar-refractivity contribution is -0.0273. The number of fused-ring (bicyclic) bond motifs is 1. The van der Waals surface area contributed by atoms with Crippen molar-refractivity contribution in [3.8, 4) is 0 Å². The molecule has 1 aromatic heterocycles. The summed E-state index contributed by atoms with van der Waals surface area (Å²) in [4.78, 5) is 20.1. The molecule has 4 N–H and O–H groups in total. The summed E-state index contributed by atoms with van der Waals surface area (Å²) in [6.45, 7) is 2.09. The molecular weight excluding hydrogens is 384 g/mol. The number of carbonyl (C=O) groups excluding carboxylic acids is 1. The lowest BCUT2D eigenvalue weighted by atomic mass is 10.2. The fraction of sp³-hybridized carbons (Fsp3) is 0.667. The van der Waals surface area contributed by atoms with Gasteiger partial charge >= 0.3 is 6.16 Å². The molecule has 2 heterocycles. The first-order valence-corrected chi connectivity index (χ1v) is 9.72. The molecule has 1 aliphatic heterocycles. The normalized spacial score (nSPS) is 27.1. The van der Waals surface area contributed by atoms with Gasteiger partial charge in [0.05, 0.1) is 19.3 Å². The molecule has 144 valence electrons. The standard InChI is InChI=1S/C15H21ClN4O5S/c1-2-5-26-14-19-12(16)9(17)13(20-14)18-7-6-8(23-4-3-21)11-10(7)24-15(22)25-11/h7-8,10-11,21H,2-6,17H2,1H3,(H,18,19,20)/t7-,8+,10+,11-/m1/s1. The second-order valence-corrected chi connectivity index (χ2v) is 7.36. The average Bonchev–Trinajstić information content (AvgIpc) is 3.14. The molecule has 0 unspecified atom stereocenters. The predicted octanol–water partition coefficient (Wildman–Crippen LogP) is 1.68. The molecular formula is C15H21ClN4O5S. The van der Waals surface area contributed by atoms with Crippen LogP contribution in [0.5, 0.6) is 0 Å². The first-order valence-electron chi connectivity index (χ1n) is 8.35. The Bertz CT molecular complexity index is 667. The maximum Gasteiger partial charge on any atom is 0.509 e. The highest BCUT2D eigenvalue weighted by atomic mass is 35.5. The number of halogens is 1. The van der Waals surface area contributed by atoms with Crippen molar-refractivity contribution in [2.75, 3.05) is 30.0 Å². The number of hydrogen-bond acceptors (Lipinski definition) is 10. The molecule has 1 aliphatic carbocycles. The van der Waals surface area contributed by atoms with Gasteiger partial charge in [-0.2, -0.15) is 0 Å². The predicted molar refractivity (Wildman–Crippen MR) is 96.5 cm³/mol. The van der Waals surface area contributed by atoms with E-state index in [0.29, 0.717) is 17.4 Å². The number of aliphatic hydroxyl groups excluding tert-OH is 1. The van der Waals surface area contributed by atoms with E-state index >= 15 is 0 Å². The van der Waals surface area contributed by atoms with Gasteiger partial charge in [0.25, 0.3) is 0 Å². The van der Waals surface area contributed by atoms with Gasteiger partial charge in [0.15, 0.2) is 28.3 Å². The monoisotopic (exact) mass is 404 g/mol. The molecule has 9 nitrogen and oxygen atoms in total. The number of thioether (sulfide) groups is 1. The number of rotatable bonds is 8. The Labute approximate surface area is 159 Å². The van der Waals surface area contributed by atoms with Gasteiger partial charge in [-0.05, 0) is 6.42 Å². The van der Waals surface area contributed by atoms with Gasteiger partial charge in [0, 0.05) is 12.2 Å². The molecule has 2 aliphatic rings. The number of aliphatic hydroxyl groups is 1. The molecule has 0 amide bonds. The van der Waals surface area contributed by atoms with E-state index in [9.17, 15) is 4.79 Å². The quantitative estimate of drug-likeness (QED) is 0.254. The smallest absolute Gasteiger partial charge is 0.425 e. The van der Waals surface area contributed by atoms with Gasteiger partial charge in [0.2, 0.25) is 0 Å². The number of carbonyl (C=O) groups is 1. The maximum atomic E-state index is 11.5. The van der Waals surface area contributed by atoms with Crippen molar-refractivity contribution >= 4 is 41.0 Å². The van der Waals surface area contributed by atoms with Crippen LogP contribution in [0.3, 0.4) is 0 Å². The minimum absolute atomic E-state index is 0.118. The third-order valence-corrected chi connectivity index (χ3v) is 5.44. The highest BCUT2D eigenvalue weighted by molar-refractivity contribution is 7.99. The lowest BCUT2D eigenvalue weighted by Crippen LogP contribution is -2.34. The number of anilines is 2. The number of aromatic nitrogens is 2. The molecule has 26 heavy (non-hydrogen) atoms. The van der Waals surface area contributed by atoms with Gasteiger partial charge < -0.3 is 30.4 Å². The Morgan fingerprint density at radius 1 is 1.42 bits per heavy atom. The van der Waals surface area contributed by atoms with E-state index in [2.05, 4.69) is 22.2 Å². The van der Waals surface area contributed by atoms with Crippen molar-refractivity contribution in [3.05, 3.63) is 5.15 Å². The summed E-state index contributed by atoms with van der Waals surface area (Å²) in [6, 6.07) is -0.313. The topological polar surface area (TPSA) is 129 Å². The van der Waals surface area contributed by atoms with Crippen molar-refractivity contribution in [2.45, 2.75) is 49.3 Å². The first-order chi connectivity index (χ1) is 12.5. The zero-order chi connectivity index (χ0) is 18.7. The molecule has 0 bridgehead atoms. The number of nitrogens with zero attached hydrogens (tertiary/aromatic N) is 2. The summed E-state index contributed by atoms with van der Waals surface area (Å²) in [6.07, 6.45) is -0.727. The summed E-state index contributed by atoms with van der Waals surface area (Å²) in [5, 5.41) is 12.8. The molecule has 2 fully saturated rings. The summed E-state index contributed by atoms with van der Waals surface area (Å²) in [7, 11) is 0. The van der Waals surface area contributed by atoms with Crippen LogP contribution < -0.4 is 11.1 Å². The fourth-order valence-electron chi connectivity index (χ4n) is 2.98. The zero-order valence-electron chi connectivity index (χ0n) is 14.2. The lowest BCUT2D eigenvalue weighted by Gasteiger charge is -2.19. The van der Waals surface area contributed by atoms with Gasteiger partial charge in [-0.3, -0.25) is 0 Å². The molecule has 1 saturated heterocycles. The minimum Gasteiger partial charge on any atom is -0.425 e. The molecule has 11 heteroatoms. The van der Waals surface area contributed by atoms with Gasteiger partial charge in [0.1, 0.15) is 11.8 Å². The van der Waals surface area contributed by atoms with Crippen LogP contribution >= 0.6 is 23.4 Å². The van der Waals surface area contributed by atoms with E-state index in [4.69, 9.17) is 36.7 Å². The molecule has 3 rings (SSSR count). The average molecular weight is 405 g/mol. The summed E-state index contributed by atoms with van der Waals surface area (Å²) in [5.74, 6) is 1.24. The summed E-state index contributed by atoms with van der Waals surface area (Å²) < 4.78 is 16.0. The fourth-order valence-corrected chi connectivity index (χ4v) is 3.89. The third kappa shape index (κ3) is 4.08. The number of ether oxygens (including phenoxy) is 3. The highest BCUT2D eigenvalue weighted by Crippen LogP contribution is 2.37. The van der Waals surface area contributed by atoms with Crippen LogP contribution in [-0.2, 0) is 14.2 Å². The van der Waals surface area contributed by atoms with Crippen molar-refractivity contribution in [2.24, 2.45) is 0 Å². The van der Waals surface area contributed by atoms with Crippen LogP contribution in [0.15, 0.2) is 5.16 Å². The Kier molecular flexibility index (Phi) is 6.28. The SMILES string of the molecule is CCCSc1nc(Cl)c(N)c(N[C@@H]2C[C@H](OCCO)[C@H]3OC(=O)O[C@H]32)n1. The van der Waals surface area contributed by atoms with Crippen molar-refractivity contribution in [1.82, 2.24) is 9.97 Å². The molecule has 0 aromatic carbocycles. The second kappa shape index (κ2) is 8.47. The Morgan fingerprint density at radius 3 is 2.92 bits per heavy atom. The Hall–Kier alpha value is -1.49. The van der Waals surface area contributed by atoms with Crippen molar-refractivity contribution < 1.29 is 24.1 Å². The highest BCUT2D eigenvalue weighted by Gasteiger charge is 2.53. The van der Waals surface area contributed by atoms with Crippen LogP contribution in [0.2, 0.25) is 5.15 Å². The third-order valence-electron chi connectivity index (χ3n) is 4.10. The molecule has 4 atom stereocenters. The number of nitrogens with two attached hydrogens (primary N) is 1. The first kappa shape index (κ1) is 19.3. The van der Waals surface area contributed by atoms with Crippen LogP contribution in [-0.4, -0.2) is 64.6 Å². The molecule has 0 radical (unpaired) electrons. The number of hydrogen-bond donors (Lipinski definition) is 3.